The molecule has 0 unspecified atom stereocenters. The zero-order valence-corrected chi connectivity index (χ0v) is 27.6. The van der Waals surface area contributed by atoms with Gasteiger partial charge in [0.2, 0.25) is 0 Å². The average Bonchev–Trinajstić information content (AvgIpc) is 2.74. The van der Waals surface area contributed by atoms with Gasteiger partial charge in [-0.3, -0.25) is 0 Å². The first kappa shape index (κ1) is 32.7. The van der Waals surface area contributed by atoms with Gasteiger partial charge in [0.05, 0.1) is 0 Å². The van der Waals surface area contributed by atoms with E-state index in [4.69, 9.17) is 4.43 Å². The van der Waals surface area contributed by atoms with Gasteiger partial charge in [0.1, 0.15) is 0 Å². The molecule has 3 heteroatoms. The van der Waals surface area contributed by atoms with Crippen LogP contribution in [0.2, 0.25) is 31.4 Å². The molecule has 0 heterocycles. The topological polar surface area (TPSA) is 9.23 Å². The van der Waals surface area contributed by atoms with Gasteiger partial charge in [-0.1, -0.05) is 20.8 Å². The van der Waals surface area contributed by atoms with Crippen molar-refractivity contribution in [2.75, 3.05) is 6.61 Å². The van der Waals surface area contributed by atoms with Crippen LogP contribution in [0, 0.1) is 0 Å². The van der Waals surface area contributed by atoms with E-state index in [2.05, 4.69) is 64.8 Å². The van der Waals surface area contributed by atoms with Gasteiger partial charge in [0.15, 0.2) is 8.32 Å². The normalized spacial score (nSPS) is 13.4. The molecular weight excluding hydrogens is 511 g/mol. The summed E-state index contributed by atoms with van der Waals surface area (Å²) in [6.45, 7) is 19.8. The van der Waals surface area contributed by atoms with E-state index in [9.17, 15) is 0 Å². The molecule has 0 atom stereocenters. The van der Waals surface area contributed by atoms with Crippen LogP contribution in [-0.4, -0.2) is 33.3 Å². The van der Waals surface area contributed by atoms with Crippen molar-refractivity contribution in [3.63, 3.8) is 0 Å². The first-order chi connectivity index (χ1) is 15.1. The van der Waals surface area contributed by atoms with Crippen LogP contribution in [0.15, 0.2) is 10.2 Å². The molecule has 0 aliphatic carbocycles. The first-order valence-corrected chi connectivity index (χ1v) is 25.1. The Morgan fingerprint density at radius 1 is 0.656 bits per heavy atom. The third-order valence-electron chi connectivity index (χ3n) is 7.84. The van der Waals surface area contributed by atoms with Gasteiger partial charge in [0.25, 0.3) is 0 Å². The Balaban J connectivity index is 4.05. The fraction of sp³-hybridized carbons (Fsp3) is 0.931. The number of rotatable bonds is 21. The van der Waals surface area contributed by atoms with Gasteiger partial charge in [-0.25, -0.2) is 0 Å². The number of allylic oxidation sites excluding steroid dienone is 1. The van der Waals surface area contributed by atoms with E-state index >= 15 is 0 Å². The zero-order valence-electron chi connectivity index (χ0n) is 23.8. The number of hydrogen-bond acceptors (Lipinski definition) is 1. The van der Waals surface area contributed by atoms with E-state index in [-0.39, 0.29) is 0 Å². The van der Waals surface area contributed by atoms with Crippen molar-refractivity contribution in [2.24, 2.45) is 0 Å². The summed E-state index contributed by atoms with van der Waals surface area (Å²) in [5, 5.41) is 0.340. The van der Waals surface area contributed by atoms with Crippen LogP contribution in [0.5, 0.6) is 0 Å². The summed E-state index contributed by atoms with van der Waals surface area (Å²) < 4.78 is 14.0. The van der Waals surface area contributed by atoms with E-state index in [1.807, 2.05) is 0 Å². The molecule has 0 aliphatic rings. The summed E-state index contributed by atoms with van der Waals surface area (Å²) in [7, 11) is -1.54. The molecule has 0 aliphatic heterocycles. The number of unbranched alkanes of at least 4 members (excludes halogenated alkanes) is 10. The average molecular weight is 574 g/mol. The Hall–Kier alpha value is 0.716. The van der Waals surface area contributed by atoms with Crippen LogP contribution in [-0.2, 0) is 4.43 Å². The Morgan fingerprint density at radius 2 is 1.09 bits per heavy atom. The molecule has 0 bridgehead atoms. The molecule has 0 fully saturated rings. The Bertz CT molecular complexity index is 431. The van der Waals surface area contributed by atoms with E-state index in [1.165, 1.54) is 89.9 Å². The fourth-order valence-electron chi connectivity index (χ4n) is 4.34. The van der Waals surface area contributed by atoms with Gasteiger partial charge in [-0.05, 0) is 18.1 Å². The van der Waals surface area contributed by atoms with Crippen LogP contribution in [0.4, 0.5) is 0 Å². The zero-order chi connectivity index (χ0) is 24.3. The Labute approximate surface area is 210 Å². The van der Waals surface area contributed by atoms with E-state index in [0.29, 0.717) is 5.04 Å². The molecule has 1 nitrogen and oxygen atoms in total. The predicted octanol–water partition coefficient (Wildman–Crippen LogP) is 11.1. The van der Waals surface area contributed by atoms with Gasteiger partial charge in [0, 0.05) is 0 Å². The second-order valence-corrected chi connectivity index (χ2v) is 29.8. The van der Waals surface area contributed by atoms with Gasteiger partial charge >= 0.3 is 164 Å². The van der Waals surface area contributed by atoms with Crippen molar-refractivity contribution < 1.29 is 4.43 Å². The summed E-state index contributed by atoms with van der Waals surface area (Å²) >= 11 is -2.02. The van der Waals surface area contributed by atoms with Crippen molar-refractivity contribution in [1.82, 2.24) is 0 Å². The summed E-state index contributed by atoms with van der Waals surface area (Å²) in [6, 6.07) is 0. The molecule has 32 heavy (non-hydrogen) atoms. The molecule has 0 saturated heterocycles. The third kappa shape index (κ3) is 15.6. The van der Waals surface area contributed by atoms with Crippen LogP contribution >= 0.6 is 0 Å². The first-order valence-electron chi connectivity index (χ1n) is 14.5. The molecule has 0 spiro atoms. The van der Waals surface area contributed by atoms with Crippen LogP contribution in [0.25, 0.3) is 0 Å². The van der Waals surface area contributed by atoms with Crippen LogP contribution in [0.1, 0.15) is 131 Å². The molecule has 192 valence electrons. The molecule has 0 aromatic rings. The monoisotopic (exact) mass is 574 g/mol. The van der Waals surface area contributed by atoms with E-state index in [1.54, 1.807) is 13.3 Å². The van der Waals surface area contributed by atoms with Gasteiger partial charge in [-0.2, -0.15) is 0 Å². The molecule has 0 N–H and O–H groups in total. The summed E-state index contributed by atoms with van der Waals surface area (Å²) in [6.07, 6.45) is 22.2. The summed E-state index contributed by atoms with van der Waals surface area (Å²) in [5.41, 5.74) is 0. The molecule has 0 aromatic heterocycles. The minimum absolute atomic E-state index is 0.340. The van der Waals surface area contributed by atoms with Crippen molar-refractivity contribution in [3.8, 4) is 0 Å². The molecule has 0 saturated carbocycles. The van der Waals surface area contributed by atoms with Crippen molar-refractivity contribution in [3.05, 3.63) is 10.2 Å². The molecular formula is C29H62OSiSn. The summed E-state index contributed by atoms with van der Waals surface area (Å²) in [4.78, 5) is 0. The van der Waals surface area contributed by atoms with Gasteiger partial charge in [-0.15, -0.1) is 0 Å². The summed E-state index contributed by atoms with van der Waals surface area (Å²) in [5.74, 6) is 0. The SMILES string of the molecule is CCC[CH2][Sn](/[CH]=C/CCCCCCCCCO[Si](C)(C)C(C)(C)C)([CH2]CCC)[CH2]CCC. The maximum absolute atomic E-state index is 6.30. The second kappa shape index (κ2) is 19.0. The fourth-order valence-corrected chi connectivity index (χ4v) is 20.0. The Morgan fingerprint density at radius 3 is 1.53 bits per heavy atom. The maximum atomic E-state index is 6.30. The second-order valence-electron chi connectivity index (χ2n) is 11.9. The van der Waals surface area contributed by atoms with E-state index in [0.717, 1.165) is 6.61 Å². The van der Waals surface area contributed by atoms with Crippen molar-refractivity contribution >= 4 is 26.7 Å². The molecule has 0 rings (SSSR count). The Kier molecular flexibility index (Phi) is 19.4. The predicted molar refractivity (Wildman–Crippen MR) is 154 cm³/mol. The number of hydrogen-bond donors (Lipinski definition) is 0. The van der Waals surface area contributed by atoms with Crippen LogP contribution < -0.4 is 0 Å². The molecule has 0 amide bonds. The molecule has 0 radical (unpaired) electrons. The van der Waals surface area contributed by atoms with Gasteiger partial charge < -0.3 is 0 Å². The quantitative estimate of drug-likeness (QED) is 0.0980. The van der Waals surface area contributed by atoms with Crippen molar-refractivity contribution in [1.29, 1.82) is 0 Å². The minimum atomic E-state index is -2.02. The van der Waals surface area contributed by atoms with Crippen molar-refractivity contribution in [2.45, 2.75) is 163 Å². The molecule has 0 aromatic carbocycles. The van der Waals surface area contributed by atoms with E-state index < -0.39 is 26.7 Å². The standard InChI is InChI=1S/C17H35OSi.3C4H9.Sn/c1-7-8-9-10-11-12-13-14-15-16-18-19(5,6)17(2,3)4;3*1-3-4-2;/h1,7H,8-16H2,2-6H3;3*1,3-4H2,2H3;. The third-order valence-corrected chi connectivity index (χ3v) is 26.6. The van der Waals surface area contributed by atoms with Crippen LogP contribution in [0.3, 0.4) is 0 Å².